The van der Waals surface area contributed by atoms with Gasteiger partial charge in [0.05, 0.1) is 4.90 Å². The van der Waals surface area contributed by atoms with Crippen molar-refractivity contribution in [3.05, 3.63) is 71.3 Å². The van der Waals surface area contributed by atoms with E-state index in [-0.39, 0.29) is 4.90 Å². The van der Waals surface area contributed by atoms with Gasteiger partial charge in [-0.25, -0.2) is 13.6 Å². The number of allylic oxidation sites excluding steroid dienone is 1. The summed E-state index contributed by atoms with van der Waals surface area (Å²) in [5.74, 6) is 0. The third kappa shape index (κ3) is 6.50. The number of nitrogens with two attached hydrogens (primary N) is 2. The molecule has 0 bridgehead atoms. The highest BCUT2D eigenvalue weighted by molar-refractivity contribution is 7.89. The molecule has 0 spiro atoms. The molecule has 0 fully saturated rings. The van der Waals surface area contributed by atoms with Gasteiger partial charge in [0.2, 0.25) is 10.0 Å². The van der Waals surface area contributed by atoms with Crippen molar-refractivity contribution in [2.45, 2.75) is 37.5 Å². The summed E-state index contributed by atoms with van der Waals surface area (Å²) in [6.45, 7) is 3.36. The monoisotopic (exact) mass is 387 g/mol. The maximum absolute atomic E-state index is 12.3. The van der Waals surface area contributed by atoms with Crippen molar-refractivity contribution in [1.29, 1.82) is 0 Å². The normalized spacial score (nSPS) is 11.8. The highest BCUT2D eigenvalue weighted by atomic mass is 32.2. The number of anilines is 1. The second kappa shape index (κ2) is 10.3. The third-order valence-corrected chi connectivity index (χ3v) is 5.28. The average molecular weight is 388 g/mol. The summed E-state index contributed by atoms with van der Waals surface area (Å²) in [5, 5.41) is 8.97. The van der Waals surface area contributed by atoms with Crippen molar-refractivity contribution in [2.75, 3.05) is 18.4 Å². The van der Waals surface area contributed by atoms with Gasteiger partial charge in [0.25, 0.3) is 0 Å². The van der Waals surface area contributed by atoms with Gasteiger partial charge in [0.1, 0.15) is 0 Å². The zero-order valence-corrected chi connectivity index (χ0v) is 16.6. The van der Waals surface area contributed by atoms with Gasteiger partial charge in [0, 0.05) is 25.2 Å². The van der Waals surface area contributed by atoms with Crippen LogP contribution in [0.25, 0.3) is 0 Å². The van der Waals surface area contributed by atoms with Gasteiger partial charge in [-0.15, -0.1) is 0 Å². The van der Waals surface area contributed by atoms with Crippen LogP contribution in [0.15, 0.2) is 59.5 Å². The first-order chi connectivity index (χ1) is 13.0. The molecule has 0 aliphatic heterocycles. The molecule has 0 amide bonds. The Kier molecular flexibility index (Phi) is 8.03. The number of primary sulfonamides is 1. The van der Waals surface area contributed by atoms with E-state index in [4.69, 9.17) is 10.9 Å². The minimum Gasteiger partial charge on any atom is -0.385 e. The molecular weight excluding hydrogens is 358 g/mol. The van der Waals surface area contributed by atoms with E-state index >= 15 is 0 Å². The lowest BCUT2D eigenvalue weighted by Crippen LogP contribution is -2.17. The van der Waals surface area contributed by atoms with Gasteiger partial charge in [0.15, 0.2) is 0 Å². The van der Waals surface area contributed by atoms with Gasteiger partial charge < -0.3 is 11.1 Å². The molecule has 0 saturated carbocycles. The van der Waals surface area contributed by atoms with Crippen LogP contribution in [-0.4, -0.2) is 21.5 Å². The van der Waals surface area contributed by atoms with Crippen LogP contribution in [0.5, 0.6) is 0 Å². The fraction of sp³-hybridized carbons (Fsp3) is 0.333. The minimum absolute atomic E-state index is 0.184. The lowest BCUT2D eigenvalue weighted by molar-refractivity contribution is 0.596. The van der Waals surface area contributed by atoms with Crippen LogP contribution in [0, 0.1) is 0 Å². The van der Waals surface area contributed by atoms with E-state index in [0.29, 0.717) is 24.9 Å². The number of unbranched alkanes of at least 4 members (excludes halogenated alkanes) is 1. The zero-order chi connectivity index (χ0) is 19.7. The summed E-state index contributed by atoms with van der Waals surface area (Å²) in [6.07, 6.45) is 6.97. The molecule has 2 rings (SSSR count). The highest BCUT2D eigenvalue weighted by Crippen LogP contribution is 2.29. The van der Waals surface area contributed by atoms with Crippen LogP contribution in [0.3, 0.4) is 0 Å². The van der Waals surface area contributed by atoms with Gasteiger partial charge in [-0.3, -0.25) is 0 Å². The second-order valence-corrected chi connectivity index (χ2v) is 8.05. The van der Waals surface area contributed by atoms with E-state index in [2.05, 4.69) is 12.2 Å². The SMILES string of the molecule is CCCCNc1cc(CC=CCN)cc(S(N)(=O)=O)c1Cc1ccccc1. The maximum atomic E-state index is 12.3. The Bertz CT molecular complexity index is 862. The molecule has 5 N–H and O–H groups in total. The molecular formula is C21H29N3O2S. The van der Waals surface area contributed by atoms with Gasteiger partial charge in [-0.05, 0) is 41.7 Å². The lowest BCUT2D eigenvalue weighted by atomic mass is 9.99. The highest BCUT2D eigenvalue weighted by Gasteiger charge is 2.19. The molecule has 2 aromatic carbocycles. The van der Waals surface area contributed by atoms with E-state index in [0.717, 1.165) is 36.2 Å². The number of benzene rings is 2. The minimum atomic E-state index is -3.85. The largest absolute Gasteiger partial charge is 0.385 e. The molecule has 0 radical (unpaired) electrons. The number of hydrogen-bond acceptors (Lipinski definition) is 4. The van der Waals surface area contributed by atoms with E-state index in [1.165, 1.54) is 0 Å². The Balaban J connectivity index is 2.52. The van der Waals surface area contributed by atoms with E-state index in [9.17, 15) is 8.42 Å². The first-order valence-corrected chi connectivity index (χ1v) is 10.8. The molecule has 0 unspecified atom stereocenters. The molecule has 146 valence electrons. The zero-order valence-electron chi connectivity index (χ0n) is 15.8. The van der Waals surface area contributed by atoms with Gasteiger partial charge >= 0.3 is 0 Å². The van der Waals surface area contributed by atoms with Crippen LogP contribution >= 0.6 is 0 Å². The predicted molar refractivity (Wildman–Crippen MR) is 112 cm³/mol. The summed E-state index contributed by atoms with van der Waals surface area (Å²) in [6, 6.07) is 13.5. The van der Waals surface area contributed by atoms with Crippen molar-refractivity contribution in [3.63, 3.8) is 0 Å². The van der Waals surface area contributed by atoms with E-state index in [1.54, 1.807) is 6.07 Å². The van der Waals surface area contributed by atoms with Crippen LogP contribution in [-0.2, 0) is 22.9 Å². The molecule has 0 aromatic heterocycles. The number of hydrogen-bond donors (Lipinski definition) is 3. The molecule has 2 aromatic rings. The molecule has 0 aliphatic carbocycles. The molecule has 0 saturated heterocycles. The van der Waals surface area contributed by atoms with Crippen molar-refractivity contribution >= 4 is 15.7 Å². The number of nitrogens with one attached hydrogen (secondary N) is 1. The first kappa shape index (κ1) is 21.2. The van der Waals surface area contributed by atoms with E-state index < -0.39 is 10.0 Å². The van der Waals surface area contributed by atoms with Crippen LogP contribution in [0.1, 0.15) is 36.5 Å². The standard InChI is InChI=1S/C21H29N3O2S/c1-2-3-13-24-20-15-18(11-7-8-12-22)16-21(27(23,25)26)19(20)14-17-9-5-4-6-10-17/h4-10,15-16,24H,2-3,11-14,22H2,1H3,(H2,23,25,26). The smallest absolute Gasteiger partial charge is 0.238 e. The van der Waals surface area contributed by atoms with Crippen LogP contribution < -0.4 is 16.2 Å². The van der Waals surface area contributed by atoms with E-state index in [1.807, 2.05) is 48.6 Å². The molecule has 0 atom stereocenters. The fourth-order valence-electron chi connectivity index (χ4n) is 2.93. The van der Waals surface area contributed by atoms with Crippen molar-refractivity contribution in [1.82, 2.24) is 0 Å². The Morgan fingerprint density at radius 2 is 1.81 bits per heavy atom. The summed E-state index contributed by atoms with van der Waals surface area (Å²) in [5.41, 5.74) is 8.97. The van der Waals surface area contributed by atoms with Gasteiger partial charge in [-0.2, -0.15) is 0 Å². The third-order valence-electron chi connectivity index (χ3n) is 4.30. The molecule has 0 aliphatic rings. The Morgan fingerprint density at radius 1 is 1.07 bits per heavy atom. The fourth-order valence-corrected chi connectivity index (χ4v) is 3.77. The van der Waals surface area contributed by atoms with Crippen molar-refractivity contribution < 1.29 is 8.42 Å². The number of sulfonamides is 1. The van der Waals surface area contributed by atoms with Crippen LogP contribution in [0.4, 0.5) is 5.69 Å². The summed E-state index contributed by atoms with van der Waals surface area (Å²) < 4.78 is 24.6. The Morgan fingerprint density at radius 3 is 2.44 bits per heavy atom. The molecule has 5 nitrogen and oxygen atoms in total. The van der Waals surface area contributed by atoms with Crippen molar-refractivity contribution in [3.8, 4) is 0 Å². The molecule has 6 heteroatoms. The lowest BCUT2D eigenvalue weighted by Gasteiger charge is -2.18. The quantitative estimate of drug-likeness (QED) is 0.431. The average Bonchev–Trinajstić information content (AvgIpc) is 2.63. The second-order valence-electron chi connectivity index (χ2n) is 6.52. The summed E-state index contributed by atoms with van der Waals surface area (Å²) in [4.78, 5) is 0.184. The Hall–Kier alpha value is -2.15. The molecule has 27 heavy (non-hydrogen) atoms. The molecule has 0 heterocycles. The van der Waals surface area contributed by atoms with Crippen molar-refractivity contribution in [2.24, 2.45) is 10.9 Å². The maximum Gasteiger partial charge on any atom is 0.238 e. The predicted octanol–water partition coefficient (Wildman–Crippen LogP) is 3.19. The topological polar surface area (TPSA) is 98.2 Å². The first-order valence-electron chi connectivity index (χ1n) is 9.27. The van der Waals surface area contributed by atoms with Gasteiger partial charge in [-0.1, -0.05) is 55.8 Å². The summed E-state index contributed by atoms with van der Waals surface area (Å²) >= 11 is 0. The number of rotatable bonds is 10. The summed E-state index contributed by atoms with van der Waals surface area (Å²) in [7, 11) is -3.85. The van der Waals surface area contributed by atoms with Crippen LogP contribution in [0.2, 0.25) is 0 Å². The Labute approximate surface area is 162 Å².